The number of carbonyl (C=O) groups excluding carboxylic acids is 2. The minimum atomic E-state index is -4.69. The van der Waals surface area contributed by atoms with Gasteiger partial charge in [0.25, 0.3) is 0 Å². The summed E-state index contributed by atoms with van der Waals surface area (Å²) in [5.74, 6) is -1.13. The Kier molecular flexibility index (Phi) is 22.6. The average Bonchev–Trinajstić information content (AvgIpc) is 3.60. The summed E-state index contributed by atoms with van der Waals surface area (Å²) in [6, 6.07) is 2.94. The van der Waals surface area contributed by atoms with Crippen LogP contribution in [0, 0.1) is 10.1 Å². The maximum absolute atomic E-state index is 12.6. The number of unbranched alkanes of at least 4 members (excludes halogenated alkanes) is 14. The van der Waals surface area contributed by atoms with Crippen LogP contribution in [-0.4, -0.2) is 80.9 Å². The number of non-ortho nitro benzene ring substituents is 1. The third kappa shape index (κ3) is 19.5. The van der Waals surface area contributed by atoms with Crippen molar-refractivity contribution in [2.75, 3.05) is 26.4 Å². The molecule has 0 spiro atoms. The van der Waals surface area contributed by atoms with Gasteiger partial charge in [-0.2, -0.15) is 13.9 Å². The van der Waals surface area contributed by atoms with Gasteiger partial charge in [-0.05, 0) is 47.6 Å². The minimum Gasteiger partial charge on any atom is -0.606 e. The Balaban J connectivity index is 1.72. The smallest absolute Gasteiger partial charge is 0.377 e. The molecule has 0 amide bonds. The minimum absolute atomic E-state index is 0.000567. The van der Waals surface area contributed by atoms with Crippen LogP contribution >= 0.6 is 8.17 Å². The van der Waals surface area contributed by atoms with Crippen LogP contribution in [0.3, 0.4) is 0 Å². The number of carbonyl (C=O) groups is 2. The van der Waals surface area contributed by atoms with Crippen molar-refractivity contribution in [1.29, 1.82) is 0 Å². The fraction of sp³-hybridized carbons (Fsp3) is 0.765. The van der Waals surface area contributed by atoms with Crippen LogP contribution in [0.1, 0.15) is 128 Å². The average molecular weight is 746 g/mol. The Morgan fingerprint density at radius 2 is 1.37 bits per heavy atom. The molecule has 3 N–H and O–H groups in total. The zero-order valence-corrected chi connectivity index (χ0v) is 30.7. The first-order valence-corrected chi connectivity index (χ1v) is 19.7. The molecule has 0 aliphatic rings. The highest BCUT2D eigenvalue weighted by molar-refractivity contribution is 7.52. The number of fused-ring (bicyclic) bond motifs is 1. The summed E-state index contributed by atoms with van der Waals surface area (Å²) in [5, 5.41) is 36.9. The molecule has 51 heavy (non-hydrogen) atoms. The maximum Gasteiger partial charge on any atom is 0.377 e. The predicted octanol–water partition coefficient (Wildman–Crippen LogP) is 5.59. The number of phosphoric acid groups is 1. The van der Waals surface area contributed by atoms with Gasteiger partial charge in [-0.25, -0.2) is 4.63 Å². The van der Waals surface area contributed by atoms with E-state index in [0.717, 1.165) is 24.8 Å². The van der Waals surface area contributed by atoms with E-state index in [0.29, 0.717) is 37.6 Å². The van der Waals surface area contributed by atoms with Gasteiger partial charge in [-0.15, -0.1) is 0 Å². The molecule has 1 aromatic heterocycles. The van der Waals surface area contributed by atoms with Crippen molar-refractivity contribution in [1.82, 2.24) is 10.3 Å². The van der Waals surface area contributed by atoms with Gasteiger partial charge in [0, 0.05) is 18.9 Å². The van der Waals surface area contributed by atoms with E-state index < -0.39 is 63.7 Å². The number of hydrogen-bond donors (Lipinski definition) is 3. The van der Waals surface area contributed by atoms with Crippen LogP contribution in [-0.2, 0) is 34.5 Å². The van der Waals surface area contributed by atoms with E-state index >= 15 is 0 Å². The topological polar surface area (TPSA) is 237 Å². The van der Waals surface area contributed by atoms with Crippen molar-refractivity contribution >= 4 is 36.8 Å². The van der Waals surface area contributed by atoms with Gasteiger partial charge in [0.15, 0.2) is 6.10 Å². The number of ether oxygens (including phenoxy) is 2. The van der Waals surface area contributed by atoms with E-state index in [1.807, 2.05) is 0 Å². The molecule has 2 unspecified atom stereocenters. The normalized spacial score (nSPS) is 13.9. The quantitative estimate of drug-likeness (QED) is 0.0280. The van der Waals surface area contributed by atoms with Crippen molar-refractivity contribution in [3.05, 3.63) is 27.8 Å². The van der Waals surface area contributed by atoms with Crippen molar-refractivity contribution in [3.8, 4) is 0 Å². The molecule has 0 aliphatic heterocycles. The summed E-state index contributed by atoms with van der Waals surface area (Å²) in [7, 11) is -4.69. The third-order valence-corrected chi connectivity index (χ3v) is 9.23. The summed E-state index contributed by atoms with van der Waals surface area (Å²) in [6.45, 7) is -0.153. The van der Waals surface area contributed by atoms with Crippen LogP contribution in [0.4, 0.5) is 5.69 Å². The molecule has 17 heteroatoms. The van der Waals surface area contributed by atoms with E-state index in [4.69, 9.17) is 19.1 Å². The molecule has 2 aromatic rings. The first-order valence-electron chi connectivity index (χ1n) is 18.2. The zero-order valence-electron chi connectivity index (χ0n) is 29.8. The molecular weight excluding hydrogens is 689 g/mol. The van der Waals surface area contributed by atoms with Crippen molar-refractivity contribution in [3.63, 3.8) is 0 Å². The second kappa shape index (κ2) is 26.0. The SMILES string of the molecule is CCCCCCCCCCCCCCCC(=O)OC[C@H](CO[P+]([O-])(O)OCC(O)CO)OC(=O)CCCCCc1ccc([N+](=O)[O-])c2nonc12. The summed E-state index contributed by atoms with van der Waals surface area (Å²) >= 11 is 0. The molecule has 1 heterocycles. The van der Waals surface area contributed by atoms with E-state index in [1.54, 1.807) is 6.07 Å². The summed E-state index contributed by atoms with van der Waals surface area (Å²) in [6.07, 6.45) is 15.0. The van der Waals surface area contributed by atoms with Crippen LogP contribution in [0.5, 0.6) is 0 Å². The number of phosphoric ester groups is 1. The second-order valence-electron chi connectivity index (χ2n) is 12.7. The van der Waals surface area contributed by atoms with Gasteiger partial charge < -0.3 is 24.6 Å². The van der Waals surface area contributed by atoms with Gasteiger partial charge in [0.05, 0.1) is 11.5 Å². The fourth-order valence-electron chi connectivity index (χ4n) is 5.37. The Morgan fingerprint density at radius 3 is 1.98 bits per heavy atom. The molecule has 2 rings (SSSR count). The summed E-state index contributed by atoms with van der Waals surface area (Å²) in [4.78, 5) is 57.8. The van der Waals surface area contributed by atoms with Crippen molar-refractivity contribution in [2.24, 2.45) is 0 Å². The maximum atomic E-state index is 12.6. The van der Waals surface area contributed by atoms with Crippen LogP contribution in [0.2, 0.25) is 0 Å². The Labute approximate surface area is 300 Å². The molecule has 1 aromatic carbocycles. The molecule has 0 bridgehead atoms. The van der Waals surface area contributed by atoms with Gasteiger partial charge in [0.1, 0.15) is 31.4 Å². The molecule has 0 aliphatic carbocycles. The standard InChI is InChI=1S/C34H56N3O13P/c1-2-3-4-5-6-7-8-9-10-11-12-13-16-19-31(40)46-25-29(26-48-51(44,45)47-24-28(39)23-38)49-32(41)20-17-14-15-18-27-21-22-30(37(42)43)34-33(27)35-50-36-34/h21-22,28-29,38-39H,2-20,23-26H2,1H3,(H,44,45)/t28?,29-/m1/s1. The lowest BCUT2D eigenvalue weighted by atomic mass is 10.0. The molecule has 0 fully saturated rings. The Hall–Kier alpha value is -2.85. The number of nitrogens with zero attached hydrogens (tertiary/aromatic N) is 3. The molecule has 16 nitrogen and oxygen atoms in total. The largest absolute Gasteiger partial charge is 0.606 e. The molecule has 0 saturated heterocycles. The van der Waals surface area contributed by atoms with Gasteiger partial charge in [0.2, 0.25) is 5.52 Å². The number of hydrogen-bond acceptors (Lipinski definition) is 15. The number of nitro benzene ring substituents is 1. The lowest BCUT2D eigenvalue weighted by molar-refractivity contribution is -0.383. The number of aliphatic hydroxyl groups is 2. The highest BCUT2D eigenvalue weighted by Gasteiger charge is 2.32. The van der Waals surface area contributed by atoms with Crippen molar-refractivity contribution in [2.45, 2.75) is 141 Å². The highest BCUT2D eigenvalue weighted by Crippen LogP contribution is 2.47. The van der Waals surface area contributed by atoms with Gasteiger partial charge in [-0.1, -0.05) is 90.4 Å². The number of nitro groups is 1. The molecule has 0 saturated carbocycles. The van der Waals surface area contributed by atoms with Crippen molar-refractivity contribution < 1.29 is 57.7 Å². The van der Waals surface area contributed by atoms with Crippen LogP contribution < -0.4 is 4.89 Å². The lowest BCUT2D eigenvalue weighted by Crippen LogP contribution is -2.32. The zero-order chi connectivity index (χ0) is 37.3. The fourth-order valence-corrected chi connectivity index (χ4v) is 6.16. The molecule has 3 atom stereocenters. The number of rotatable bonds is 31. The number of aromatic nitrogens is 2. The van der Waals surface area contributed by atoms with Crippen LogP contribution in [0.15, 0.2) is 16.8 Å². The highest BCUT2D eigenvalue weighted by atomic mass is 31.2. The van der Waals surface area contributed by atoms with E-state index in [9.17, 15) is 34.6 Å². The number of aryl methyl sites for hydroxylation is 1. The van der Waals surface area contributed by atoms with Crippen LogP contribution in [0.25, 0.3) is 11.0 Å². The first-order chi connectivity index (χ1) is 24.6. The monoisotopic (exact) mass is 745 g/mol. The summed E-state index contributed by atoms with van der Waals surface area (Å²) < 4.78 is 24.9. The van der Waals surface area contributed by atoms with E-state index in [2.05, 4.69) is 26.4 Å². The molecular formula is C34H56N3O13P. The Bertz CT molecular complexity index is 1280. The Morgan fingerprint density at radius 1 is 0.824 bits per heavy atom. The molecule has 0 radical (unpaired) electrons. The first kappa shape index (κ1) is 44.3. The lowest BCUT2D eigenvalue weighted by Gasteiger charge is -2.23. The van der Waals surface area contributed by atoms with Gasteiger partial charge >= 0.3 is 25.8 Å². The number of esters is 2. The second-order valence-corrected chi connectivity index (χ2v) is 14.2. The molecule has 290 valence electrons. The number of benzene rings is 1. The van der Waals surface area contributed by atoms with E-state index in [-0.39, 0.29) is 24.0 Å². The van der Waals surface area contributed by atoms with E-state index in [1.165, 1.54) is 63.9 Å². The number of aliphatic hydroxyl groups excluding tert-OH is 2. The van der Waals surface area contributed by atoms with Gasteiger partial charge in [-0.3, -0.25) is 19.7 Å². The predicted molar refractivity (Wildman–Crippen MR) is 186 cm³/mol. The third-order valence-electron chi connectivity index (χ3n) is 8.28. The summed E-state index contributed by atoms with van der Waals surface area (Å²) in [5.41, 5.74) is 0.903.